The maximum absolute atomic E-state index is 12.5. The summed E-state index contributed by atoms with van der Waals surface area (Å²) >= 11 is 0. The van der Waals surface area contributed by atoms with Gasteiger partial charge in [-0.3, -0.25) is 4.79 Å². The van der Waals surface area contributed by atoms with Crippen LogP contribution in [0.3, 0.4) is 0 Å². The molecule has 108 valence electrons. The number of piperazine rings is 1. The van der Waals surface area contributed by atoms with Crippen LogP contribution >= 0.6 is 0 Å². The van der Waals surface area contributed by atoms with Crippen LogP contribution in [0.5, 0.6) is 0 Å². The van der Waals surface area contributed by atoms with Gasteiger partial charge in [0, 0.05) is 32.2 Å². The van der Waals surface area contributed by atoms with Crippen LogP contribution in [0.25, 0.3) is 0 Å². The van der Waals surface area contributed by atoms with Crippen molar-refractivity contribution in [3.05, 3.63) is 0 Å². The first-order chi connectivity index (χ1) is 9.08. The summed E-state index contributed by atoms with van der Waals surface area (Å²) in [6, 6.07) is 0.0191. The van der Waals surface area contributed by atoms with Crippen LogP contribution in [0, 0.1) is 0 Å². The Bertz CT molecular complexity index is 334. The second kappa shape index (κ2) is 6.23. The van der Waals surface area contributed by atoms with E-state index in [-0.39, 0.29) is 18.6 Å². The minimum atomic E-state index is -0.922. The van der Waals surface area contributed by atoms with Gasteiger partial charge in [-0.1, -0.05) is 12.8 Å². The van der Waals surface area contributed by atoms with Gasteiger partial charge in [0.05, 0.1) is 0 Å². The van der Waals surface area contributed by atoms with Gasteiger partial charge in [0.2, 0.25) is 0 Å². The first-order valence-electron chi connectivity index (χ1n) is 7.04. The van der Waals surface area contributed by atoms with Gasteiger partial charge in [0.15, 0.2) is 0 Å². The van der Waals surface area contributed by atoms with Crippen LogP contribution in [0.2, 0.25) is 0 Å². The Morgan fingerprint density at radius 3 is 2.26 bits per heavy atom. The molecule has 1 aliphatic carbocycles. The van der Waals surface area contributed by atoms with E-state index in [4.69, 9.17) is 5.11 Å². The molecule has 0 spiro atoms. The highest BCUT2D eigenvalue weighted by atomic mass is 16.4. The van der Waals surface area contributed by atoms with Gasteiger partial charge >= 0.3 is 12.0 Å². The van der Waals surface area contributed by atoms with Crippen molar-refractivity contribution in [1.82, 2.24) is 14.7 Å². The number of hydrogen-bond donors (Lipinski definition) is 1. The zero-order chi connectivity index (χ0) is 13.8. The molecule has 0 aromatic heterocycles. The number of carboxylic acid groups (broad SMARTS) is 1. The molecule has 6 nitrogen and oxygen atoms in total. The van der Waals surface area contributed by atoms with E-state index in [0.29, 0.717) is 13.1 Å². The monoisotopic (exact) mass is 269 g/mol. The molecule has 2 amide bonds. The number of likely N-dealkylation sites (N-methyl/N-ethyl adjacent to an activating group) is 1. The average molecular weight is 269 g/mol. The molecule has 0 aromatic rings. The molecular formula is C13H23N3O3. The number of hydrogen-bond acceptors (Lipinski definition) is 3. The summed E-state index contributed by atoms with van der Waals surface area (Å²) in [7, 11) is 2.04. The molecule has 0 atom stereocenters. The Morgan fingerprint density at radius 1 is 1.16 bits per heavy atom. The van der Waals surface area contributed by atoms with Crippen LogP contribution in [0.1, 0.15) is 25.7 Å². The normalized spacial score (nSPS) is 21.6. The highest BCUT2D eigenvalue weighted by Gasteiger charge is 2.32. The molecule has 1 saturated heterocycles. The van der Waals surface area contributed by atoms with Gasteiger partial charge in [-0.2, -0.15) is 0 Å². The van der Waals surface area contributed by atoms with Crippen LogP contribution in [-0.4, -0.2) is 77.6 Å². The summed E-state index contributed by atoms with van der Waals surface area (Å²) in [5.41, 5.74) is 0. The molecule has 0 radical (unpaired) electrons. The molecule has 2 fully saturated rings. The lowest BCUT2D eigenvalue weighted by molar-refractivity contribution is -0.138. The second-order valence-corrected chi connectivity index (χ2v) is 5.53. The minimum Gasteiger partial charge on any atom is -0.480 e. The van der Waals surface area contributed by atoms with Crippen molar-refractivity contribution in [1.29, 1.82) is 0 Å². The van der Waals surface area contributed by atoms with Gasteiger partial charge in [0.1, 0.15) is 6.54 Å². The Kier molecular flexibility index (Phi) is 4.63. The van der Waals surface area contributed by atoms with E-state index < -0.39 is 5.97 Å². The maximum atomic E-state index is 12.5. The molecule has 0 bridgehead atoms. The van der Waals surface area contributed by atoms with Gasteiger partial charge in [0.25, 0.3) is 0 Å². The summed E-state index contributed by atoms with van der Waals surface area (Å²) in [5.74, 6) is -0.922. The van der Waals surface area contributed by atoms with Crippen molar-refractivity contribution >= 4 is 12.0 Å². The second-order valence-electron chi connectivity index (χ2n) is 5.53. The lowest BCUT2D eigenvalue weighted by atomic mass is 10.2. The van der Waals surface area contributed by atoms with Crippen LogP contribution in [-0.2, 0) is 4.79 Å². The van der Waals surface area contributed by atoms with Gasteiger partial charge in [-0.15, -0.1) is 0 Å². The van der Waals surface area contributed by atoms with Crippen LogP contribution in [0.15, 0.2) is 0 Å². The van der Waals surface area contributed by atoms with E-state index >= 15 is 0 Å². The van der Waals surface area contributed by atoms with Crippen LogP contribution < -0.4 is 0 Å². The van der Waals surface area contributed by atoms with Crippen molar-refractivity contribution in [3.63, 3.8) is 0 Å². The number of carboxylic acids is 1. The largest absolute Gasteiger partial charge is 0.480 e. The third kappa shape index (κ3) is 3.59. The summed E-state index contributed by atoms with van der Waals surface area (Å²) in [5, 5.41) is 9.01. The predicted octanol–water partition coefficient (Wildman–Crippen LogP) is 0.683. The van der Waals surface area contributed by atoms with E-state index in [1.165, 1.54) is 0 Å². The molecule has 2 aliphatic rings. The third-order valence-corrected chi connectivity index (χ3v) is 4.09. The number of nitrogens with zero attached hydrogens (tertiary/aromatic N) is 3. The molecule has 19 heavy (non-hydrogen) atoms. The van der Waals surface area contributed by atoms with Crippen molar-refractivity contribution in [3.8, 4) is 0 Å². The highest BCUT2D eigenvalue weighted by molar-refractivity contribution is 5.80. The molecule has 1 N–H and O–H groups in total. The van der Waals surface area contributed by atoms with E-state index in [2.05, 4.69) is 4.90 Å². The first kappa shape index (κ1) is 14.1. The van der Waals surface area contributed by atoms with Gasteiger partial charge < -0.3 is 19.8 Å². The molecular weight excluding hydrogens is 246 g/mol. The molecule has 6 heteroatoms. The first-order valence-corrected chi connectivity index (χ1v) is 7.04. The predicted molar refractivity (Wildman–Crippen MR) is 71.1 cm³/mol. The Labute approximate surface area is 114 Å². The number of urea groups is 1. The topological polar surface area (TPSA) is 64.1 Å². The van der Waals surface area contributed by atoms with Crippen molar-refractivity contribution in [2.45, 2.75) is 31.7 Å². The summed E-state index contributed by atoms with van der Waals surface area (Å²) in [6.45, 7) is 2.93. The molecule has 1 saturated carbocycles. The molecule has 0 aromatic carbocycles. The summed E-state index contributed by atoms with van der Waals surface area (Å²) in [4.78, 5) is 29.0. The van der Waals surface area contributed by atoms with Crippen molar-refractivity contribution < 1.29 is 14.7 Å². The van der Waals surface area contributed by atoms with Crippen LogP contribution in [0.4, 0.5) is 4.79 Å². The number of aliphatic carboxylic acids is 1. The lowest BCUT2D eigenvalue weighted by Gasteiger charge is -2.37. The Hall–Kier alpha value is -1.30. The standard InChI is InChI=1S/C13H23N3O3/c1-14-6-8-15(9-7-14)13(19)16(10-12(17)18)11-4-2-3-5-11/h11H,2-10H2,1H3,(H,17,18). The Balaban J connectivity index is 2.00. The Morgan fingerprint density at radius 2 is 1.74 bits per heavy atom. The third-order valence-electron chi connectivity index (χ3n) is 4.09. The van der Waals surface area contributed by atoms with Gasteiger partial charge in [-0.05, 0) is 19.9 Å². The highest BCUT2D eigenvalue weighted by Crippen LogP contribution is 2.24. The zero-order valence-electron chi connectivity index (χ0n) is 11.5. The number of carbonyl (C=O) groups excluding carboxylic acids is 1. The van der Waals surface area contributed by atoms with Crippen molar-refractivity contribution in [2.24, 2.45) is 0 Å². The quantitative estimate of drug-likeness (QED) is 0.818. The zero-order valence-corrected chi connectivity index (χ0v) is 11.5. The maximum Gasteiger partial charge on any atom is 0.323 e. The van der Waals surface area contributed by atoms with Gasteiger partial charge in [-0.25, -0.2) is 4.79 Å². The SMILES string of the molecule is CN1CCN(C(=O)N(CC(=O)O)C2CCCC2)CC1. The van der Waals surface area contributed by atoms with E-state index in [9.17, 15) is 9.59 Å². The summed E-state index contributed by atoms with van der Waals surface area (Å²) in [6.07, 6.45) is 4.06. The fourth-order valence-corrected chi connectivity index (χ4v) is 2.89. The smallest absolute Gasteiger partial charge is 0.323 e. The average Bonchev–Trinajstić information content (AvgIpc) is 2.89. The molecule has 1 heterocycles. The number of carbonyl (C=O) groups is 2. The lowest BCUT2D eigenvalue weighted by Crippen LogP contribution is -2.54. The van der Waals surface area contributed by atoms with E-state index in [0.717, 1.165) is 38.8 Å². The molecule has 0 unspecified atom stereocenters. The fraction of sp³-hybridized carbons (Fsp3) is 0.846. The minimum absolute atomic E-state index is 0.0950. The summed E-state index contributed by atoms with van der Waals surface area (Å²) < 4.78 is 0. The molecule has 2 rings (SSSR count). The van der Waals surface area contributed by atoms with E-state index in [1.807, 2.05) is 7.05 Å². The molecule has 1 aliphatic heterocycles. The number of amides is 2. The number of rotatable bonds is 3. The van der Waals surface area contributed by atoms with Crippen molar-refractivity contribution in [2.75, 3.05) is 39.8 Å². The fourth-order valence-electron chi connectivity index (χ4n) is 2.89. The van der Waals surface area contributed by atoms with E-state index in [1.54, 1.807) is 9.80 Å².